The minimum absolute atomic E-state index is 0.199. The largest absolute Gasteiger partial charge is 0.340 e. The highest BCUT2D eigenvalue weighted by molar-refractivity contribution is 6.30. The second-order valence-electron chi connectivity index (χ2n) is 6.02. The van der Waals surface area contributed by atoms with Crippen LogP contribution in [0.15, 0.2) is 28.8 Å². The fourth-order valence-corrected chi connectivity index (χ4v) is 3.08. The molecule has 0 unspecified atom stereocenters. The van der Waals surface area contributed by atoms with Crippen molar-refractivity contribution in [2.45, 2.75) is 26.3 Å². The summed E-state index contributed by atoms with van der Waals surface area (Å²) in [5.74, 6) is 1.48. The second-order valence-corrected chi connectivity index (χ2v) is 6.45. The Morgan fingerprint density at radius 1 is 1.29 bits per heavy atom. The predicted octanol–water partition coefficient (Wildman–Crippen LogP) is 2.31. The zero-order valence-corrected chi connectivity index (χ0v) is 14.5. The number of carbonyl (C=O) groups is 1. The van der Waals surface area contributed by atoms with Gasteiger partial charge in [-0.1, -0.05) is 28.9 Å². The Bertz CT molecular complexity index is 695. The fourth-order valence-electron chi connectivity index (χ4n) is 2.86. The molecule has 2 aromatic rings. The topological polar surface area (TPSA) is 62.5 Å². The van der Waals surface area contributed by atoms with Crippen LogP contribution in [0.4, 0.5) is 0 Å². The van der Waals surface area contributed by atoms with E-state index in [4.69, 9.17) is 16.1 Å². The molecule has 1 fully saturated rings. The van der Waals surface area contributed by atoms with Crippen LogP contribution in [-0.2, 0) is 17.8 Å². The normalized spacial score (nSPS) is 15.7. The fraction of sp³-hybridized carbons (Fsp3) is 0.471. The van der Waals surface area contributed by atoms with Crippen LogP contribution in [0.1, 0.15) is 23.7 Å². The maximum absolute atomic E-state index is 12.4. The van der Waals surface area contributed by atoms with E-state index in [9.17, 15) is 4.79 Å². The molecule has 3 rings (SSSR count). The van der Waals surface area contributed by atoms with E-state index >= 15 is 0 Å². The Labute approximate surface area is 146 Å². The average Bonchev–Trinajstić information content (AvgIpc) is 2.98. The van der Waals surface area contributed by atoms with Gasteiger partial charge in [0.05, 0.1) is 6.54 Å². The highest BCUT2D eigenvalue weighted by Gasteiger charge is 2.21. The number of halogens is 1. The van der Waals surface area contributed by atoms with Crippen LogP contribution in [0.2, 0.25) is 5.02 Å². The molecule has 1 aromatic carbocycles. The summed E-state index contributed by atoms with van der Waals surface area (Å²) in [7, 11) is 0. The average molecular weight is 349 g/mol. The lowest BCUT2D eigenvalue weighted by molar-refractivity contribution is -0.133. The molecule has 1 aliphatic heterocycles. The van der Waals surface area contributed by atoms with E-state index in [0.29, 0.717) is 29.7 Å². The zero-order chi connectivity index (χ0) is 16.9. The number of hydrogen-bond donors (Lipinski definition) is 0. The van der Waals surface area contributed by atoms with Gasteiger partial charge in [0.2, 0.25) is 11.8 Å². The molecule has 1 aliphatic rings. The Hall–Kier alpha value is -1.92. The van der Waals surface area contributed by atoms with Gasteiger partial charge < -0.3 is 9.42 Å². The van der Waals surface area contributed by atoms with Gasteiger partial charge in [-0.2, -0.15) is 4.98 Å². The molecule has 7 heteroatoms. The van der Waals surface area contributed by atoms with Gasteiger partial charge >= 0.3 is 0 Å². The second kappa shape index (κ2) is 7.77. The maximum Gasteiger partial charge on any atom is 0.223 e. The highest BCUT2D eigenvalue weighted by Crippen LogP contribution is 2.13. The molecule has 0 aliphatic carbocycles. The molecule has 0 saturated carbocycles. The van der Waals surface area contributed by atoms with Crippen LogP contribution >= 0.6 is 11.6 Å². The van der Waals surface area contributed by atoms with Crippen molar-refractivity contribution in [2.75, 3.05) is 26.2 Å². The molecule has 1 amide bonds. The summed E-state index contributed by atoms with van der Waals surface area (Å²) in [6.45, 7) is 5.60. The van der Waals surface area contributed by atoms with E-state index in [1.807, 2.05) is 29.2 Å². The van der Waals surface area contributed by atoms with E-state index < -0.39 is 0 Å². The van der Waals surface area contributed by atoms with Gasteiger partial charge in [0.1, 0.15) is 0 Å². The van der Waals surface area contributed by atoms with Crippen molar-refractivity contribution in [3.63, 3.8) is 0 Å². The first-order valence-electron chi connectivity index (χ1n) is 8.14. The Morgan fingerprint density at radius 3 is 2.75 bits per heavy atom. The molecular weight excluding hydrogens is 328 g/mol. The minimum Gasteiger partial charge on any atom is -0.340 e. The molecule has 6 nitrogen and oxygen atoms in total. The smallest absolute Gasteiger partial charge is 0.223 e. The summed E-state index contributed by atoms with van der Waals surface area (Å²) in [6, 6.07) is 7.68. The summed E-state index contributed by atoms with van der Waals surface area (Å²) in [4.78, 5) is 20.8. The summed E-state index contributed by atoms with van der Waals surface area (Å²) in [6.07, 6.45) is 1.24. The number of amides is 1. The molecule has 2 heterocycles. The first kappa shape index (κ1) is 16.9. The number of rotatable bonds is 5. The number of nitrogens with zero attached hydrogens (tertiary/aromatic N) is 4. The molecule has 1 aromatic heterocycles. The minimum atomic E-state index is 0.199. The molecular formula is C17H21ClN4O2. The van der Waals surface area contributed by atoms with Crippen LogP contribution in [-0.4, -0.2) is 52.0 Å². The molecule has 0 atom stereocenters. The van der Waals surface area contributed by atoms with Crippen LogP contribution in [0.5, 0.6) is 0 Å². The van der Waals surface area contributed by atoms with Crippen molar-refractivity contribution in [3.8, 4) is 0 Å². The van der Waals surface area contributed by atoms with Crippen molar-refractivity contribution < 1.29 is 9.32 Å². The van der Waals surface area contributed by atoms with Gasteiger partial charge in [-0.05, 0) is 24.1 Å². The van der Waals surface area contributed by atoms with Crippen molar-refractivity contribution in [3.05, 3.63) is 46.6 Å². The van der Waals surface area contributed by atoms with Crippen LogP contribution in [0.3, 0.4) is 0 Å². The molecule has 24 heavy (non-hydrogen) atoms. The van der Waals surface area contributed by atoms with Gasteiger partial charge in [-0.3, -0.25) is 9.69 Å². The van der Waals surface area contributed by atoms with Gasteiger partial charge in [0.25, 0.3) is 0 Å². The van der Waals surface area contributed by atoms with E-state index in [1.165, 1.54) is 0 Å². The summed E-state index contributed by atoms with van der Waals surface area (Å²) in [5.41, 5.74) is 1.10. The Balaban J connectivity index is 1.43. The third kappa shape index (κ3) is 4.55. The lowest BCUT2D eigenvalue weighted by atomic mass is 10.1. The SMILES string of the molecule is Cc1nc(CN2CCN(C(=O)CCc3cccc(Cl)c3)CC2)no1. The maximum atomic E-state index is 12.4. The highest BCUT2D eigenvalue weighted by atomic mass is 35.5. The molecule has 1 saturated heterocycles. The third-order valence-electron chi connectivity index (χ3n) is 4.18. The van der Waals surface area contributed by atoms with Gasteiger partial charge in [-0.15, -0.1) is 0 Å². The monoisotopic (exact) mass is 348 g/mol. The molecule has 0 N–H and O–H groups in total. The van der Waals surface area contributed by atoms with E-state index in [2.05, 4.69) is 15.0 Å². The standard InChI is InChI=1S/C17H21ClN4O2/c1-13-19-16(20-24-13)12-21-7-9-22(10-8-21)17(23)6-5-14-3-2-4-15(18)11-14/h2-4,11H,5-10,12H2,1H3. The van der Waals surface area contributed by atoms with Crippen LogP contribution in [0, 0.1) is 6.92 Å². The van der Waals surface area contributed by atoms with Gasteiger partial charge in [0.15, 0.2) is 5.82 Å². The van der Waals surface area contributed by atoms with Crippen molar-refractivity contribution >= 4 is 17.5 Å². The number of aromatic nitrogens is 2. The Morgan fingerprint density at radius 2 is 2.08 bits per heavy atom. The Kier molecular flexibility index (Phi) is 5.48. The molecule has 0 radical (unpaired) electrons. The van der Waals surface area contributed by atoms with Crippen molar-refractivity contribution in [1.29, 1.82) is 0 Å². The predicted molar refractivity (Wildman–Crippen MR) is 90.7 cm³/mol. The van der Waals surface area contributed by atoms with Crippen molar-refractivity contribution in [2.24, 2.45) is 0 Å². The van der Waals surface area contributed by atoms with Gasteiger partial charge in [0, 0.05) is 44.5 Å². The number of hydrogen-bond acceptors (Lipinski definition) is 5. The molecule has 0 bridgehead atoms. The van der Waals surface area contributed by atoms with E-state index in [-0.39, 0.29) is 5.91 Å². The number of piperazine rings is 1. The summed E-state index contributed by atoms with van der Waals surface area (Å²) in [5, 5.41) is 4.63. The van der Waals surface area contributed by atoms with Crippen LogP contribution < -0.4 is 0 Å². The first-order chi connectivity index (χ1) is 11.6. The summed E-state index contributed by atoms with van der Waals surface area (Å²) >= 11 is 5.98. The lowest BCUT2D eigenvalue weighted by Crippen LogP contribution is -2.48. The molecule has 128 valence electrons. The van der Waals surface area contributed by atoms with Gasteiger partial charge in [-0.25, -0.2) is 0 Å². The lowest BCUT2D eigenvalue weighted by Gasteiger charge is -2.34. The zero-order valence-electron chi connectivity index (χ0n) is 13.7. The van der Waals surface area contributed by atoms with E-state index in [1.54, 1.807) is 6.92 Å². The summed E-state index contributed by atoms with van der Waals surface area (Å²) < 4.78 is 4.99. The number of carbonyl (C=O) groups excluding carboxylic acids is 1. The van der Waals surface area contributed by atoms with E-state index in [0.717, 1.165) is 38.2 Å². The third-order valence-corrected chi connectivity index (χ3v) is 4.41. The van der Waals surface area contributed by atoms with Crippen molar-refractivity contribution in [1.82, 2.24) is 19.9 Å². The van der Waals surface area contributed by atoms with Crippen LogP contribution in [0.25, 0.3) is 0 Å². The quantitative estimate of drug-likeness (QED) is 0.829. The first-order valence-corrected chi connectivity index (χ1v) is 8.52. The number of benzene rings is 1. The number of aryl methyl sites for hydroxylation is 2. The molecule has 0 spiro atoms.